The highest BCUT2D eigenvalue weighted by Gasteiger charge is 2.27. The number of nitrogens with zero attached hydrogens (tertiary/aromatic N) is 2. The van der Waals surface area contributed by atoms with E-state index in [2.05, 4.69) is 0 Å². The van der Waals surface area contributed by atoms with Crippen molar-refractivity contribution >= 4 is 15.8 Å². The Bertz CT molecular complexity index is 940. The van der Waals surface area contributed by atoms with Gasteiger partial charge in [0.15, 0.2) is 5.78 Å². The molecule has 0 N–H and O–H groups in total. The molecule has 0 amide bonds. The molecular formula is C18H20N2O4S. The fraction of sp³-hybridized carbons (Fsp3) is 0.333. The highest BCUT2D eigenvalue weighted by atomic mass is 32.2. The molecule has 2 heterocycles. The summed E-state index contributed by atoms with van der Waals surface area (Å²) in [5.74, 6) is -0.238. The Morgan fingerprint density at radius 3 is 2.32 bits per heavy atom. The number of hydrogen-bond acceptors (Lipinski definition) is 4. The summed E-state index contributed by atoms with van der Waals surface area (Å²) in [5.41, 5.74) is 1.12. The van der Waals surface area contributed by atoms with Gasteiger partial charge in [-0.2, -0.15) is 4.31 Å². The first kappa shape index (κ1) is 17.6. The fourth-order valence-corrected chi connectivity index (χ4v) is 4.39. The number of sulfonamides is 1. The van der Waals surface area contributed by atoms with E-state index in [-0.39, 0.29) is 17.2 Å². The normalized spacial score (nSPS) is 15.4. The molecule has 0 saturated carbocycles. The Morgan fingerprint density at radius 1 is 1.04 bits per heavy atom. The van der Waals surface area contributed by atoms with E-state index in [4.69, 9.17) is 0 Å². The second-order valence-electron chi connectivity index (χ2n) is 6.23. The number of aromatic nitrogens is 1. The first-order valence-corrected chi connectivity index (χ1v) is 9.62. The van der Waals surface area contributed by atoms with Gasteiger partial charge in [-0.15, -0.1) is 0 Å². The van der Waals surface area contributed by atoms with Gasteiger partial charge in [-0.05, 0) is 25.8 Å². The number of hydrogen-bond donors (Lipinski definition) is 0. The van der Waals surface area contributed by atoms with Crippen LogP contribution < -0.4 is 5.56 Å². The van der Waals surface area contributed by atoms with Crippen LogP contribution in [0.25, 0.3) is 0 Å². The fourth-order valence-electron chi connectivity index (χ4n) is 2.85. The summed E-state index contributed by atoms with van der Waals surface area (Å²) in [6.07, 6.45) is 2.94. The standard InChI is InChI=1S/C18H20N2O4S/c1-14-4-6-15(7-5-14)17(21)13-19-12-16(8-9-18(19)22)25(23,24)20-10-2-3-11-20/h4-9,12H,2-3,10-11,13H2,1H3. The maximum Gasteiger partial charge on any atom is 0.251 e. The molecule has 1 aliphatic heterocycles. The number of pyridine rings is 1. The molecule has 1 saturated heterocycles. The third kappa shape index (κ3) is 3.72. The van der Waals surface area contributed by atoms with Gasteiger partial charge in [-0.1, -0.05) is 29.8 Å². The Labute approximate surface area is 146 Å². The van der Waals surface area contributed by atoms with E-state index in [9.17, 15) is 18.0 Å². The van der Waals surface area contributed by atoms with Crippen LogP contribution in [0.3, 0.4) is 0 Å². The maximum atomic E-state index is 12.6. The molecule has 0 bridgehead atoms. The van der Waals surface area contributed by atoms with Gasteiger partial charge < -0.3 is 4.57 Å². The Balaban J connectivity index is 1.88. The number of benzene rings is 1. The zero-order valence-electron chi connectivity index (χ0n) is 14.0. The minimum absolute atomic E-state index is 0.0470. The van der Waals surface area contributed by atoms with E-state index in [1.54, 1.807) is 12.1 Å². The highest BCUT2D eigenvalue weighted by molar-refractivity contribution is 7.89. The van der Waals surface area contributed by atoms with Crippen LogP contribution in [0.15, 0.2) is 52.3 Å². The molecule has 0 aliphatic carbocycles. The largest absolute Gasteiger partial charge is 0.306 e. The van der Waals surface area contributed by atoms with Crippen LogP contribution in [0.5, 0.6) is 0 Å². The van der Waals surface area contributed by atoms with Gasteiger partial charge in [0.05, 0.1) is 11.4 Å². The van der Waals surface area contributed by atoms with Crippen LogP contribution in [0.1, 0.15) is 28.8 Å². The van der Waals surface area contributed by atoms with Gasteiger partial charge in [0.25, 0.3) is 5.56 Å². The third-order valence-electron chi connectivity index (χ3n) is 4.35. The van der Waals surface area contributed by atoms with Crippen LogP contribution in [0.4, 0.5) is 0 Å². The van der Waals surface area contributed by atoms with Crippen molar-refractivity contribution in [2.75, 3.05) is 13.1 Å². The monoisotopic (exact) mass is 360 g/mol. The lowest BCUT2D eigenvalue weighted by Crippen LogP contribution is -2.30. The van der Waals surface area contributed by atoms with Crippen LogP contribution in [-0.2, 0) is 16.6 Å². The van der Waals surface area contributed by atoms with Gasteiger partial charge in [-0.25, -0.2) is 8.42 Å². The summed E-state index contributed by atoms with van der Waals surface area (Å²) >= 11 is 0. The number of aryl methyl sites for hydroxylation is 1. The topological polar surface area (TPSA) is 76.5 Å². The van der Waals surface area contributed by atoms with E-state index >= 15 is 0 Å². The van der Waals surface area contributed by atoms with E-state index in [0.717, 1.165) is 23.0 Å². The van der Waals surface area contributed by atoms with Crippen LogP contribution in [-0.4, -0.2) is 36.2 Å². The zero-order valence-corrected chi connectivity index (χ0v) is 14.8. The second-order valence-corrected chi connectivity index (χ2v) is 8.17. The summed E-state index contributed by atoms with van der Waals surface area (Å²) in [7, 11) is -3.62. The van der Waals surface area contributed by atoms with E-state index in [1.807, 2.05) is 19.1 Å². The molecule has 0 spiro atoms. The number of rotatable bonds is 5. The molecule has 2 aromatic rings. The second kappa shape index (κ2) is 6.93. The first-order chi connectivity index (χ1) is 11.9. The van der Waals surface area contributed by atoms with E-state index in [0.29, 0.717) is 18.7 Å². The molecule has 0 atom stereocenters. The van der Waals surface area contributed by atoms with Crippen molar-refractivity contribution in [2.24, 2.45) is 0 Å². The van der Waals surface area contributed by atoms with Gasteiger partial charge in [0, 0.05) is 30.9 Å². The number of carbonyl (C=O) groups is 1. The van der Waals surface area contributed by atoms with Gasteiger partial charge >= 0.3 is 0 Å². The van der Waals surface area contributed by atoms with Crippen molar-refractivity contribution in [1.29, 1.82) is 0 Å². The van der Waals surface area contributed by atoms with Gasteiger partial charge in [-0.3, -0.25) is 9.59 Å². The average Bonchev–Trinajstić information content (AvgIpc) is 3.12. The quantitative estimate of drug-likeness (QED) is 0.762. The molecule has 25 heavy (non-hydrogen) atoms. The molecule has 132 valence electrons. The van der Waals surface area contributed by atoms with E-state index < -0.39 is 15.6 Å². The maximum absolute atomic E-state index is 12.6. The molecule has 0 radical (unpaired) electrons. The molecular weight excluding hydrogens is 340 g/mol. The lowest BCUT2D eigenvalue weighted by Gasteiger charge is -2.16. The lowest BCUT2D eigenvalue weighted by molar-refractivity contribution is 0.0970. The van der Waals surface area contributed by atoms with Gasteiger partial charge in [0.2, 0.25) is 10.0 Å². The van der Waals surface area contributed by atoms with Crippen molar-refractivity contribution in [3.8, 4) is 0 Å². The number of Topliss-reactive ketones (excluding diaryl/α,β-unsaturated/α-hetero) is 1. The molecule has 1 aromatic carbocycles. The smallest absolute Gasteiger partial charge is 0.251 e. The van der Waals surface area contributed by atoms with E-state index in [1.165, 1.54) is 22.6 Å². The minimum atomic E-state index is -3.62. The summed E-state index contributed by atoms with van der Waals surface area (Å²) < 4.78 is 27.8. The number of ketones is 1. The Hall–Kier alpha value is -2.25. The predicted octanol–water partition coefficient (Wildman–Crippen LogP) is 1.82. The lowest BCUT2D eigenvalue weighted by atomic mass is 10.1. The summed E-state index contributed by atoms with van der Waals surface area (Å²) in [4.78, 5) is 24.5. The molecule has 1 aromatic heterocycles. The van der Waals surface area contributed by atoms with Gasteiger partial charge in [0.1, 0.15) is 0 Å². The summed E-state index contributed by atoms with van der Waals surface area (Å²) in [6, 6.07) is 9.56. The molecule has 0 unspecified atom stereocenters. The number of carbonyl (C=O) groups excluding carboxylic acids is 1. The SMILES string of the molecule is Cc1ccc(C(=O)Cn2cc(S(=O)(=O)N3CCCC3)ccc2=O)cc1. The van der Waals surface area contributed by atoms with Crippen molar-refractivity contribution in [3.63, 3.8) is 0 Å². The molecule has 7 heteroatoms. The van der Waals surface area contributed by atoms with Crippen LogP contribution >= 0.6 is 0 Å². The summed E-state index contributed by atoms with van der Waals surface area (Å²) in [6.45, 7) is 2.71. The van der Waals surface area contributed by atoms with Crippen LogP contribution in [0.2, 0.25) is 0 Å². The zero-order chi connectivity index (χ0) is 18.0. The highest BCUT2D eigenvalue weighted by Crippen LogP contribution is 2.19. The minimum Gasteiger partial charge on any atom is -0.306 e. The molecule has 1 fully saturated rings. The van der Waals surface area contributed by atoms with Crippen molar-refractivity contribution < 1.29 is 13.2 Å². The molecule has 6 nitrogen and oxygen atoms in total. The Morgan fingerprint density at radius 2 is 1.68 bits per heavy atom. The first-order valence-electron chi connectivity index (χ1n) is 8.18. The predicted molar refractivity (Wildman–Crippen MR) is 94.2 cm³/mol. The molecule has 3 rings (SSSR count). The third-order valence-corrected chi connectivity index (χ3v) is 6.23. The summed E-state index contributed by atoms with van der Waals surface area (Å²) in [5, 5.41) is 0. The average molecular weight is 360 g/mol. The Kier molecular flexibility index (Phi) is 4.87. The van der Waals surface area contributed by atoms with Crippen molar-refractivity contribution in [3.05, 3.63) is 64.1 Å². The van der Waals surface area contributed by atoms with Crippen molar-refractivity contribution in [2.45, 2.75) is 31.2 Å². The molecule has 1 aliphatic rings. The van der Waals surface area contributed by atoms with Crippen LogP contribution in [0, 0.1) is 6.92 Å². The van der Waals surface area contributed by atoms with Crippen molar-refractivity contribution in [1.82, 2.24) is 8.87 Å².